The highest BCUT2D eigenvalue weighted by atomic mass is 19.4. The molecule has 1 aromatic heterocycles. The molecule has 0 spiro atoms. The molecule has 49 heavy (non-hydrogen) atoms. The lowest BCUT2D eigenvalue weighted by Crippen LogP contribution is -2.36. The second-order valence-electron chi connectivity index (χ2n) is 11.0. The zero-order chi connectivity index (χ0) is 34.5. The van der Waals surface area contributed by atoms with Crippen LogP contribution in [-0.4, -0.2) is 39.4 Å². The molecule has 2 amide bonds. The lowest BCUT2D eigenvalue weighted by molar-refractivity contribution is -0.173. The third-order valence-corrected chi connectivity index (χ3v) is 7.61. The summed E-state index contributed by atoms with van der Waals surface area (Å²) in [6.45, 7) is 0.337. The van der Waals surface area contributed by atoms with Crippen molar-refractivity contribution in [2.24, 2.45) is 0 Å². The van der Waals surface area contributed by atoms with E-state index in [2.05, 4.69) is 20.5 Å². The average molecular weight is 671 g/mol. The fourth-order valence-corrected chi connectivity index (χ4v) is 5.42. The molecule has 4 aromatic rings. The maximum Gasteiger partial charge on any atom is 0.471 e. The fourth-order valence-electron chi connectivity index (χ4n) is 5.42. The SMILES string of the molecule is O=C(Nc1cccc(C2=CCCN3C=CC=CC3=C2c2ccnc(Nc3cccc(CNC(=O)C(F)(F)F)c3)n2)c1)c1c(F)cccc1F. The maximum atomic E-state index is 14.3. The zero-order valence-corrected chi connectivity index (χ0v) is 25.6. The van der Waals surface area contributed by atoms with E-state index in [1.165, 1.54) is 6.07 Å². The Morgan fingerprint density at radius 3 is 2.45 bits per heavy atom. The number of nitrogens with zero attached hydrogens (tertiary/aromatic N) is 3. The minimum atomic E-state index is -4.99. The molecule has 0 saturated heterocycles. The van der Waals surface area contributed by atoms with Gasteiger partial charge in [-0.05, 0) is 77.7 Å². The standard InChI is InChI=1S/C36H27F5N6O2/c37-27-12-5-13-28(38)32(27)33(48)44-25-10-4-8-23(20-25)26-11-6-18-47-17-2-1-14-30(47)31(26)29-15-16-42-35(46-29)45-24-9-3-7-22(19-24)21-43-34(49)36(39,40)41/h1-5,7-17,19-20H,6,18,21H2,(H,43,49)(H,44,48)(H,42,45,46). The summed E-state index contributed by atoms with van der Waals surface area (Å²) in [5.41, 5.74) is 4.19. The fraction of sp³-hybridized carbons (Fsp3) is 0.111. The van der Waals surface area contributed by atoms with Gasteiger partial charge in [0.15, 0.2) is 0 Å². The summed E-state index contributed by atoms with van der Waals surface area (Å²) in [5, 5.41) is 7.54. The van der Waals surface area contributed by atoms with Crippen LogP contribution in [0.25, 0.3) is 11.1 Å². The van der Waals surface area contributed by atoms with E-state index in [-0.39, 0.29) is 12.5 Å². The molecule has 0 unspecified atom stereocenters. The van der Waals surface area contributed by atoms with Crippen molar-refractivity contribution in [2.45, 2.75) is 19.1 Å². The molecule has 13 heteroatoms. The summed E-state index contributed by atoms with van der Waals surface area (Å²) in [6, 6.07) is 18.3. The van der Waals surface area contributed by atoms with Gasteiger partial charge in [-0.1, -0.05) is 42.5 Å². The van der Waals surface area contributed by atoms with Crippen LogP contribution in [0.5, 0.6) is 0 Å². The number of halogens is 5. The van der Waals surface area contributed by atoms with Crippen molar-refractivity contribution in [1.29, 1.82) is 0 Å². The molecule has 3 aromatic carbocycles. The van der Waals surface area contributed by atoms with Gasteiger partial charge in [-0.15, -0.1) is 0 Å². The number of rotatable bonds is 8. The van der Waals surface area contributed by atoms with Gasteiger partial charge in [0.1, 0.15) is 17.2 Å². The Hall–Kier alpha value is -6.11. The Balaban J connectivity index is 1.31. The number of hydrogen-bond acceptors (Lipinski definition) is 6. The van der Waals surface area contributed by atoms with Gasteiger partial charge >= 0.3 is 12.1 Å². The molecule has 3 heterocycles. The normalized spacial score (nSPS) is 14.1. The van der Waals surface area contributed by atoms with Gasteiger partial charge in [-0.3, -0.25) is 9.59 Å². The van der Waals surface area contributed by atoms with Crippen molar-refractivity contribution >= 4 is 40.3 Å². The van der Waals surface area contributed by atoms with Gasteiger partial charge in [0.25, 0.3) is 5.91 Å². The summed E-state index contributed by atoms with van der Waals surface area (Å²) in [7, 11) is 0. The molecule has 2 aliphatic heterocycles. The first-order chi connectivity index (χ1) is 23.6. The molecule has 0 saturated carbocycles. The molecular formula is C36H27F5N6O2. The molecule has 0 fully saturated rings. The summed E-state index contributed by atoms with van der Waals surface area (Å²) in [6.07, 6.45) is 7.02. The van der Waals surface area contributed by atoms with Crippen LogP contribution >= 0.6 is 0 Å². The highest BCUT2D eigenvalue weighted by molar-refractivity contribution is 6.08. The number of carbonyl (C=O) groups excluding carboxylic acids is 2. The Morgan fingerprint density at radius 2 is 1.65 bits per heavy atom. The molecule has 0 bridgehead atoms. The Morgan fingerprint density at radius 1 is 0.898 bits per heavy atom. The van der Waals surface area contributed by atoms with E-state index >= 15 is 0 Å². The first-order valence-corrected chi connectivity index (χ1v) is 15.0. The minimum absolute atomic E-state index is 0.209. The van der Waals surface area contributed by atoms with Crippen LogP contribution in [0.2, 0.25) is 0 Å². The van der Waals surface area contributed by atoms with E-state index in [4.69, 9.17) is 4.98 Å². The number of carbonyl (C=O) groups is 2. The molecule has 8 nitrogen and oxygen atoms in total. The van der Waals surface area contributed by atoms with Crippen LogP contribution in [-0.2, 0) is 11.3 Å². The Bertz CT molecular complexity index is 2030. The van der Waals surface area contributed by atoms with E-state index in [1.807, 2.05) is 41.9 Å². The summed E-state index contributed by atoms with van der Waals surface area (Å²) >= 11 is 0. The highest BCUT2D eigenvalue weighted by Gasteiger charge is 2.38. The number of nitrogens with one attached hydrogen (secondary N) is 3. The van der Waals surface area contributed by atoms with Crippen LogP contribution in [0.1, 0.15) is 33.6 Å². The van der Waals surface area contributed by atoms with Gasteiger partial charge in [0.05, 0.1) is 11.4 Å². The topological polar surface area (TPSA) is 99.3 Å². The van der Waals surface area contributed by atoms with Crippen LogP contribution in [0.3, 0.4) is 0 Å². The van der Waals surface area contributed by atoms with E-state index in [9.17, 15) is 31.5 Å². The van der Waals surface area contributed by atoms with Gasteiger partial charge in [-0.25, -0.2) is 18.7 Å². The number of amides is 2. The van der Waals surface area contributed by atoms with Gasteiger partial charge < -0.3 is 20.9 Å². The predicted molar refractivity (Wildman–Crippen MR) is 175 cm³/mol. The van der Waals surface area contributed by atoms with Crippen molar-refractivity contribution in [3.05, 3.63) is 149 Å². The minimum Gasteiger partial charge on any atom is -0.347 e. The van der Waals surface area contributed by atoms with Gasteiger partial charge in [-0.2, -0.15) is 13.2 Å². The first-order valence-electron chi connectivity index (χ1n) is 15.0. The van der Waals surface area contributed by atoms with E-state index < -0.39 is 35.2 Å². The lowest BCUT2D eigenvalue weighted by Gasteiger charge is -2.25. The molecule has 3 N–H and O–H groups in total. The zero-order valence-electron chi connectivity index (χ0n) is 25.6. The second-order valence-corrected chi connectivity index (χ2v) is 11.0. The number of anilines is 3. The van der Waals surface area contributed by atoms with Crippen LogP contribution in [0.4, 0.5) is 39.3 Å². The number of benzene rings is 3. The van der Waals surface area contributed by atoms with Crippen molar-refractivity contribution < 1.29 is 31.5 Å². The lowest BCUT2D eigenvalue weighted by atomic mass is 9.92. The molecular weight excluding hydrogens is 643 g/mol. The molecule has 248 valence electrons. The Kier molecular flexibility index (Phi) is 9.33. The number of fused-ring (bicyclic) bond motifs is 1. The van der Waals surface area contributed by atoms with Crippen molar-refractivity contribution in [2.75, 3.05) is 17.2 Å². The van der Waals surface area contributed by atoms with Crippen LogP contribution < -0.4 is 16.0 Å². The predicted octanol–water partition coefficient (Wildman–Crippen LogP) is 7.51. The van der Waals surface area contributed by atoms with E-state index in [0.29, 0.717) is 41.2 Å². The molecule has 0 aliphatic carbocycles. The number of hydrogen-bond donors (Lipinski definition) is 3. The summed E-state index contributed by atoms with van der Waals surface area (Å²) in [4.78, 5) is 35.3. The molecule has 6 rings (SSSR count). The molecule has 2 aliphatic rings. The quantitative estimate of drug-likeness (QED) is 0.168. The maximum absolute atomic E-state index is 14.3. The highest BCUT2D eigenvalue weighted by Crippen LogP contribution is 2.39. The van der Waals surface area contributed by atoms with Crippen LogP contribution in [0.15, 0.2) is 115 Å². The summed E-state index contributed by atoms with van der Waals surface area (Å²) in [5.74, 6) is -4.70. The van der Waals surface area contributed by atoms with E-state index in [0.717, 1.165) is 29.0 Å². The third-order valence-electron chi connectivity index (χ3n) is 7.61. The summed E-state index contributed by atoms with van der Waals surface area (Å²) < 4.78 is 66.5. The molecule has 0 atom stereocenters. The molecule has 0 radical (unpaired) electrons. The average Bonchev–Trinajstić information content (AvgIpc) is 3.27. The first kappa shape index (κ1) is 32.8. The number of allylic oxidation sites excluding steroid dienone is 5. The smallest absolute Gasteiger partial charge is 0.347 e. The van der Waals surface area contributed by atoms with Gasteiger partial charge in [0.2, 0.25) is 5.95 Å². The van der Waals surface area contributed by atoms with Crippen LogP contribution in [0, 0.1) is 11.6 Å². The Labute approximate surface area is 277 Å². The van der Waals surface area contributed by atoms with E-state index in [1.54, 1.807) is 54.7 Å². The monoisotopic (exact) mass is 670 g/mol. The second kappa shape index (κ2) is 13.9. The third kappa shape index (κ3) is 7.56. The van der Waals surface area contributed by atoms with Crippen molar-refractivity contribution in [3.8, 4) is 0 Å². The van der Waals surface area contributed by atoms with Crippen molar-refractivity contribution in [3.63, 3.8) is 0 Å². The number of aromatic nitrogens is 2. The number of alkyl halides is 3. The van der Waals surface area contributed by atoms with Crippen molar-refractivity contribution in [1.82, 2.24) is 20.2 Å². The van der Waals surface area contributed by atoms with Gasteiger partial charge in [0, 0.05) is 42.4 Å². The largest absolute Gasteiger partial charge is 0.471 e.